The Bertz CT molecular complexity index is 722. The summed E-state index contributed by atoms with van der Waals surface area (Å²) in [4.78, 5) is 28.2. The van der Waals surface area contributed by atoms with Crippen molar-refractivity contribution in [1.29, 1.82) is 0 Å². The van der Waals surface area contributed by atoms with E-state index < -0.39 is 17.7 Å². The number of amides is 2. The van der Waals surface area contributed by atoms with Gasteiger partial charge in [0.25, 0.3) is 0 Å². The molecule has 0 spiro atoms. The molecule has 0 saturated heterocycles. The number of carbonyl (C=O) groups excluding carboxylic acids is 2. The Morgan fingerprint density at radius 2 is 2.04 bits per heavy atom. The molecule has 8 heteroatoms. The molecule has 134 valence electrons. The molecule has 0 aromatic carbocycles. The molecule has 0 unspecified atom stereocenters. The molecule has 0 saturated carbocycles. The zero-order valence-corrected chi connectivity index (χ0v) is 14.8. The van der Waals surface area contributed by atoms with Gasteiger partial charge in [0, 0.05) is 30.7 Å². The summed E-state index contributed by atoms with van der Waals surface area (Å²) in [5.41, 5.74) is 0.193. The lowest BCUT2D eigenvalue weighted by Gasteiger charge is -2.21. The maximum Gasteiger partial charge on any atom is 0.408 e. The Morgan fingerprint density at radius 3 is 2.68 bits per heavy atom. The number of nitrogens with zero attached hydrogens (tertiary/aromatic N) is 3. The fourth-order valence-corrected chi connectivity index (χ4v) is 2.05. The second kappa shape index (κ2) is 7.78. The maximum atomic E-state index is 12.2. The molecular formula is C17H23N5O3. The summed E-state index contributed by atoms with van der Waals surface area (Å²) >= 11 is 0. The summed E-state index contributed by atoms with van der Waals surface area (Å²) in [5.74, 6) is 0.321. The number of pyridine rings is 1. The van der Waals surface area contributed by atoms with Gasteiger partial charge in [0.2, 0.25) is 5.91 Å². The van der Waals surface area contributed by atoms with Gasteiger partial charge in [0.15, 0.2) is 5.82 Å². The minimum Gasteiger partial charge on any atom is -0.444 e. The maximum absolute atomic E-state index is 12.2. The summed E-state index contributed by atoms with van der Waals surface area (Å²) < 4.78 is 6.77. The van der Waals surface area contributed by atoms with E-state index in [1.165, 1.54) is 0 Å². The van der Waals surface area contributed by atoms with Crippen molar-refractivity contribution in [2.75, 3.05) is 0 Å². The van der Waals surface area contributed by atoms with Crippen LogP contribution in [0.25, 0.3) is 5.82 Å². The van der Waals surface area contributed by atoms with Crippen molar-refractivity contribution in [3.05, 3.63) is 42.4 Å². The number of ether oxygens (including phenoxy) is 1. The smallest absolute Gasteiger partial charge is 0.408 e. The van der Waals surface area contributed by atoms with Gasteiger partial charge >= 0.3 is 6.09 Å². The van der Waals surface area contributed by atoms with Crippen LogP contribution in [-0.4, -0.2) is 38.4 Å². The number of nitrogens with one attached hydrogen (secondary N) is 2. The Hall–Kier alpha value is -2.90. The number of carbonyl (C=O) groups is 2. The first-order valence-electron chi connectivity index (χ1n) is 7.97. The van der Waals surface area contributed by atoms with Crippen LogP contribution in [0.4, 0.5) is 4.79 Å². The van der Waals surface area contributed by atoms with E-state index in [0.717, 1.165) is 5.56 Å². The highest BCUT2D eigenvalue weighted by atomic mass is 16.6. The van der Waals surface area contributed by atoms with E-state index in [9.17, 15) is 9.59 Å². The van der Waals surface area contributed by atoms with Gasteiger partial charge in [-0.3, -0.25) is 4.79 Å². The molecule has 2 amide bonds. The number of alkyl carbamates (subject to hydrolysis) is 1. The third kappa shape index (κ3) is 5.59. The second-order valence-electron chi connectivity index (χ2n) is 6.52. The molecule has 2 heterocycles. The molecule has 0 radical (unpaired) electrons. The molecule has 0 fully saturated rings. The third-order valence-corrected chi connectivity index (χ3v) is 3.17. The van der Waals surface area contributed by atoms with Crippen molar-refractivity contribution >= 4 is 12.0 Å². The third-order valence-electron chi connectivity index (χ3n) is 3.17. The van der Waals surface area contributed by atoms with E-state index in [1.54, 1.807) is 63.1 Å². The van der Waals surface area contributed by atoms with Crippen LogP contribution in [0, 0.1) is 0 Å². The van der Waals surface area contributed by atoms with Crippen LogP contribution in [0.2, 0.25) is 0 Å². The Kier molecular flexibility index (Phi) is 5.74. The highest BCUT2D eigenvalue weighted by Gasteiger charge is 2.21. The standard InChI is InChI=1S/C17H23N5O3/c1-12(21-16(24)25-17(2,3)4)15(23)19-11-13-7-5-8-18-14(13)22-10-6-9-20-22/h5-10,12H,11H2,1-4H3,(H,19,23)(H,21,24)/t12-/m0/s1. The molecule has 0 aliphatic rings. The van der Waals surface area contributed by atoms with Gasteiger partial charge < -0.3 is 15.4 Å². The van der Waals surface area contributed by atoms with E-state index in [-0.39, 0.29) is 12.5 Å². The Labute approximate surface area is 146 Å². The first-order valence-corrected chi connectivity index (χ1v) is 7.97. The molecule has 0 bridgehead atoms. The predicted molar refractivity (Wildman–Crippen MR) is 92.0 cm³/mol. The highest BCUT2D eigenvalue weighted by Crippen LogP contribution is 2.10. The largest absolute Gasteiger partial charge is 0.444 e. The highest BCUT2D eigenvalue weighted by molar-refractivity contribution is 5.85. The van der Waals surface area contributed by atoms with Crippen LogP contribution in [-0.2, 0) is 16.1 Å². The fraction of sp³-hybridized carbons (Fsp3) is 0.412. The number of hydrogen-bond acceptors (Lipinski definition) is 5. The van der Waals surface area contributed by atoms with E-state index in [1.807, 2.05) is 6.07 Å². The molecule has 0 aliphatic heterocycles. The van der Waals surface area contributed by atoms with Gasteiger partial charge in [0.1, 0.15) is 11.6 Å². The van der Waals surface area contributed by atoms with E-state index in [2.05, 4.69) is 20.7 Å². The molecule has 8 nitrogen and oxygen atoms in total. The summed E-state index contributed by atoms with van der Waals surface area (Å²) in [7, 11) is 0. The Morgan fingerprint density at radius 1 is 1.28 bits per heavy atom. The molecule has 0 aliphatic carbocycles. The second-order valence-corrected chi connectivity index (χ2v) is 6.52. The van der Waals surface area contributed by atoms with Crippen LogP contribution in [0.1, 0.15) is 33.3 Å². The number of rotatable bonds is 5. The van der Waals surface area contributed by atoms with Gasteiger partial charge in [-0.25, -0.2) is 14.5 Å². The molecule has 2 N–H and O–H groups in total. The fourth-order valence-electron chi connectivity index (χ4n) is 2.05. The van der Waals surface area contributed by atoms with Gasteiger partial charge in [-0.1, -0.05) is 6.07 Å². The molecule has 1 atom stereocenters. The zero-order chi connectivity index (χ0) is 18.4. The van der Waals surface area contributed by atoms with E-state index in [0.29, 0.717) is 5.82 Å². The van der Waals surface area contributed by atoms with Crippen molar-refractivity contribution in [3.8, 4) is 5.82 Å². The minimum atomic E-state index is -0.723. The average molecular weight is 345 g/mol. The molecular weight excluding hydrogens is 322 g/mol. The summed E-state index contributed by atoms with van der Waals surface area (Å²) in [5, 5.41) is 9.44. The Balaban J connectivity index is 1.93. The summed E-state index contributed by atoms with van der Waals surface area (Å²) in [6.07, 6.45) is 4.47. The average Bonchev–Trinajstić information content (AvgIpc) is 3.05. The van der Waals surface area contributed by atoms with Crippen LogP contribution >= 0.6 is 0 Å². The van der Waals surface area contributed by atoms with Crippen LogP contribution in [0.3, 0.4) is 0 Å². The predicted octanol–water partition coefficient (Wildman–Crippen LogP) is 1.80. The summed E-state index contributed by atoms with van der Waals surface area (Å²) in [6.45, 7) is 7.14. The van der Waals surface area contributed by atoms with Crippen LogP contribution in [0.15, 0.2) is 36.8 Å². The van der Waals surface area contributed by atoms with Crippen LogP contribution < -0.4 is 10.6 Å². The van der Waals surface area contributed by atoms with Crippen molar-refractivity contribution < 1.29 is 14.3 Å². The van der Waals surface area contributed by atoms with Gasteiger partial charge in [-0.15, -0.1) is 0 Å². The minimum absolute atomic E-state index is 0.266. The molecule has 2 aromatic heterocycles. The topological polar surface area (TPSA) is 98.1 Å². The number of aromatic nitrogens is 3. The lowest BCUT2D eigenvalue weighted by molar-refractivity contribution is -0.122. The molecule has 2 aromatic rings. The van der Waals surface area contributed by atoms with Gasteiger partial charge in [0.05, 0.1) is 0 Å². The van der Waals surface area contributed by atoms with Crippen LogP contribution in [0.5, 0.6) is 0 Å². The molecule has 2 rings (SSSR count). The van der Waals surface area contributed by atoms with Gasteiger partial charge in [-0.2, -0.15) is 5.10 Å². The summed E-state index contributed by atoms with van der Waals surface area (Å²) in [6, 6.07) is 4.72. The van der Waals surface area contributed by atoms with Crippen molar-refractivity contribution in [1.82, 2.24) is 25.4 Å². The lowest BCUT2D eigenvalue weighted by atomic mass is 10.2. The van der Waals surface area contributed by atoms with Crippen molar-refractivity contribution in [2.24, 2.45) is 0 Å². The van der Waals surface area contributed by atoms with Crippen molar-refractivity contribution in [3.63, 3.8) is 0 Å². The number of hydrogen-bond donors (Lipinski definition) is 2. The lowest BCUT2D eigenvalue weighted by Crippen LogP contribution is -2.46. The van der Waals surface area contributed by atoms with Crippen molar-refractivity contribution in [2.45, 2.75) is 45.9 Å². The van der Waals surface area contributed by atoms with E-state index in [4.69, 9.17) is 4.74 Å². The van der Waals surface area contributed by atoms with Gasteiger partial charge in [-0.05, 0) is 39.8 Å². The normalized spacial score (nSPS) is 12.3. The first-order chi connectivity index (χ1) is 11.8. The quantitative estimate of drug-likeness (QED) is 0.861. The monoisotopic (exact) mass is 345 g/mol. The SMILES string of the molecule is C[C@H](NC(=O)OC(C)(C)C)C(=O)NCc1cccnc1-n1cccn1. The molecule has 25 heavy (non-hydrogen) atoms. The zero-order valence-electron chi connectivity index (χ0n) is 14.8. The van der Waals surface area contributed by atoms with E-state index >= 15 is 0 Å². The first kappa shape index (κ1) is 18.4.